The number of anilines is 1. The highest BCUT2D eigenvalue weighted by Crippen LogP contribution is 2.17. The number of likely N-dealkylation sites (N-methyl/N-ethyl adjacent to an activating group) is 1. The molecule has 24 heavy (non-hydrogen) atoms. The number of carbonyl (C=O) groups is 2. The van der Waals surface area contributed by atoms with E-state index in [2.05, 4.69) is 10.6 Å². The van der Waals surface area contributed by atoms with Crippen molar-refractivity contribution in [1.29, 1.82) is 0 Å². The highest BCUT2D eigenvalue weighted by molar-refractivity contribution is 5.93. The molecule has 6 nitrogen and oxygen atoms in total. The highest BCUT2D eigenvalue weighted by atomic mass is 35.5. The molecule has 0 bridgehead atoms. The van der Waals surface area contributed by atoms with Gasteiger partial charge in [-0.05, 0) is 38.1 Å². The van der Waals surface area contributed by atoms with Gasteiger partial charge in [-0.2, -0.15) is 0 Å². The van der Waals surface area contributed by atoms with Gasteiger partial charge < -0.3 is 15.5 Å². The Kier molecular flexibility index (Phi) is 8.18. The molecular formula is C17H27ClN4O2. The third kappa shape index (κ3) is 5.78. The van der Waals surface area contributed by atoms with Gasteiger partial charge in [0.15, 0.2) is 0 Å². The number of benzene rings is 1. The zero-order valence-corrected chi connectivity index (χ0v) is 15.4. The molecule has 2 rings (SSSR count). The molecule has 1 fully saturated rings. The van der Waals surface area contributed by atoms with E-state index in [-0.39, 0.29) is 37.3 Å². The van der Waals surface area contributed by atoms with Crippen LogP contribution in [0.25, 0.3) is 0 Å². The maximum Gasteiger partial charge on any atom is 0.238 e. The fourth-order valence-electron chi connectivity index (χ4n) is 2.62. The molecule has 0 aliphatic carbocycles. The van der Waals surface area contributed by atoms with Gasteiger partial charge in [-0.3, -0.25) is 14.5 Å². The van der Waals surface area contributed by atoms with Gasteiger partial charge in [-0.15, -0.1) is 12.4 Å². The van der Waals surface area contributed by atoms with E-state index >= 15 is 0 Å². The van der Waals surface area contributed by atoms with E-state index in [4.69, 9.17) is 0 Å². The molecule has 0 atom stereocenters. The Bertz CT molecular complexity index is 574. The topological polar surface area (TPSA) is 64.7 Å². The van der Waals surface area contributed by atoms with Crippen molar-refractivity contribution >= 4 is 29.9 Å². The van der Waals surface area contributed by atoms with Crippen LogP contribution in [0, 0.1) is 13.8 Å². The number of piperazine rings is 1. The van der Waals surface area contributed by atoms with E-state index in [1.54, 1.807) is 11.9 Å². The summed E-state index contributed by atoms with van der Waals surface area (Å²) in [6, 6.07) is 5.84. The zero-order chi connectivity index (χ0) is 16.8. The second kappa shape index (κ2) is 9.61. The van der Waals surface area contributed by atoms with Gasteiger partial charge in [0.25, 0.3) is 0 Å². The smallest absolute Gasteiger partial charge is 0.238 e. The third-order valence-corrected chi connectivity index (χ3v) is 4.17. The Labute approximate surface area is 150 Å². The summed E-state index contributed by atoms with van der Waals surface area (Å²) in [4.78, 5) is 27.9. The molecule has 134 valence electrons. The molecule has 2 amide bonds. The highest BCUT2D eigenvalue weighted by Gasteiger charge is 2.18. The predicted octanol–water partition coefficient (Wildman–Crippen LogP) is 1.03. The molecule has 7 heteroatoms. The molecule has 0 saturated carbocycles. The standard InChI is InChI=1S/C17H26N4O2.ClH/c1-13-5-4-6-15(14(13)2)19-16(22)11-20(3)12-17(23)21-9-7-18-8-10-21;/h4-6,18H,7-12H2,1-3H3,(H,19,22);1H. The van der Waals surface area contributed by atoms with Crippen molar-refractivity contribution < 1.29 is 9.59 Å². The molecule has 2 N–H and O–H groups in total. The lowest BCUT2D eigenvalue weighted by Gasteiger charge is -2.29. The van der Waals surface area contributed by atoms with Crippen molar-refractivity contribution in [2.45, 2.75) is 13.8 Å². The van der Waals surface area contributed by atoms with Crippen LogP contribution in [0.1, 0.15) is 11.1 Å². The number of nitrogens with zero attached hydrogens (tertiary/aromatic N) is 2. The Hall–Kier alpha value is -1.63. The van der Waals surface area contributed by atoms with Crippen LogP contribution in [-0.2, 0) is 9.59 Å². The summed E-state index contributed by atoms with van der Waals surface area (Å²) in [5.74, 6) is -0.0251. The largest absolute Gasteiger partial charge is 0.339 e. The van der Waals surface area contributed by atoms with Gasteiger partial charge in [0.05, 0.1) is 13.1 Å². The molecule has 1 heterocycles. The number of hydrogen-bond donors (Lipinski definition) is 2. The van der Waals surface area contributed by atoms with Crippen molar-refractivity contribution in [3.63, 3.8) is 0 Å². The fourth-order valence-corrected chi connectivity index (χ4v) is 2.62. The first kappa shape index (κ1) is 20.4. The molecule has 1 aromatic carbocycles. The minimum Gasteiger partial charge on any atom is -0.339 e. The summed E-state index contributed by atoms with van der Waals surface area (Å²) in [5, 5.41) is 6.14. The number of aryl methyl sites for hydroxylation is 1. The van der Waals surface area contributed by atoms with Gasteiger partial charge in [0, 0.05) is 31.9 Å². The van der Waals surface area contributed by atoms with E-state index in [9.17, 15) is 9.59 Å². The van der Waals surface area contributed by atoms with Crippen molar-refractivity contribution in [3.8, 4) is 0 Å². The average molecular weight is 355 g/mol. The lowest BCUT2D eigenvalue weighted by molar-refractivity contribution is -0.133. The molecule has 1 saturated heterocycles. The van der Waals surface area contributed by atoms with Crippen molar-refractivity contribution in [2.24, 2.45) is 0 Å². The maximum absolute atomic E-state index is 12.2. The first-order valence-electron chi connectivity index (χ1n) is 8.00. The van der Waals surface area contributed by atoms with E-state index in [1.807, 2.05) is 36.9 Å². The number of rotatable bonds is 5. The van der Waals surface area contributed by atoms with E-state index in [1.165, 1.54) is 0 Å². The Balaban J connectivity index is 0.00000288. The third-order valence-electron chi connectivity index (χ3n) is 4.17. The Morgan fingerprint density at radius 1 is 1.21 bits per heavy atom. The van der Waals surface area contributed by atoms with Crippen LogP contribution in [-0.4, -0.2) is 67.9 Å². The van der Waals surface area contributed by atoms with Crippen LogP contribution >= 0.6 is 12.4 Å². The van der Waals surface area contributed by atoms with E-state index < -0.39 is 0 Å². The minimum absolute atomic E-state index is 0. The molecule has 0 spiro atoms. The fraction of sp³-hybridized carbons (Fsp3) is 0.529. The first-order chi connectivity index (χ1) is 11.0. The van der Waals surface area contributed by atoms with Crippen LogP contribution < -0.4 is 10.6 Å². The van der Waals surface area contributed by atoms with E-state index in [0.717, 1.165) is 43.0 Å². The summed E-state index contributed by atoms with van der Waals surface area (Å²) in [6.07, 6.45) is 0. The van der Waals surface area contributed by atoms with Gasteiger partial charge in [-0.25, -0.2) is 0 Å². The SMILES string of the molecule is Cc1cccc(NC(=O)CN(C)CC(=O)N2CCNCC2)c1C.Cl. The van der Waals surface area contributed by atoms with Gasteiger partial charge >= 0.3 is 0 Å². The first-order valence-corrected chi connectivity index (χ1v) is 8.00. The second-order valence-electron chi connectivity index (χ2n) is 6.10. The molecule has 0 aromatic heterocycles. The molecular weight excluding hydrogens is 328 g/mol. The number of carbonyl (C=O) groups excluding carboxylic acids is 2. The monoisotopic (exact) mass is 354 g/mol. The van der Waals surface area contributed by atoms with Crippen LogP contribution in [0.4, 0.5) is 5.69 Å². The average Bonchev–Trinajstić information content (AvgIpc) is 2.52. The number of nitrogens with one attached hydrogen (secondary N) is 2. The predicted molar refractivity (Wildman–Crippen MR) is 98.7 cm³/mol. The zero-order valence-electron chi connectivity index (χ0n) is 14.6. The van der Waals surface area contributed by atoms with Crippen LogP contribution in [0.5, 0.6) is 0 Å². The van der Waals surface area contributed by atoms with Crippen molar-refractivity contribution in [2.75, 3.05) is 51.6 Å². The van der Waals surface area contributed by atoms with Crippen LogP contribution in [0.3, 0.4) is 0 Å². The normalized spacial score (nSPS) is 14.2. The number of hydrogen-bond acceptors (Lipinski definition) is 4. The molecule has 0 radical (unpaired) electrons. The minimum atomic E-state index is -0.102. The Morgan fingerprint density at radius 3 is 2.54 bits per heavy atom. The van der Waals surface area contributed by atoms with Crippen molar-refractivity contribution in [1.82, 2.24) is 15.1 Å². The lowest BCUT2D eigenvalue weighted by Crippen LogP contribution is -2.49. The second-order valence-corrected chi connectivity index (χ2v) is 6.10. The number of halogens is 1. The van der Waals surface area contributed by atoms with E-state index in [0.29, 0.717) is 0 Å². The molecule has 1 aliphatic rings. The Morgan fingerprint density at radius 2 is 1.88 bits per heavy atom. The van der Waals surface area contributed by atoms with Gasteiger partial charge in [0.2, 0.25) is 11.8 Å². The quantitative estimate of drug-likeness (QED) is 0.829. The number of amides is 2. The van der Waals surface area contributed by atoms with Crippen LogP contribution in [0.15, 0.2) is 18.2 Å². The summed E-state index contributed by atoms with van der Waals surface area (Å²) in [7, 11) is 1.79. The molecule has 0 unspecified atom stereocenters. The summed E-state index contributed by atoms with van der Waals surface area (Å²) >= 11 is 0. The summed E-state index contributed by atoms with van der Waals surface area (Å²) in [5.41, 5.74) is 3.04. The summed E-state index contributed by atoms with van der Waals surface area (Å²) < 4.78 is 0. The van der Waals surface area contributed by atoms with Crippen LogP contribution in [0.2, 0.25) is 0 Å². The van der Waals surface area contributed by atoms with Gasteiger partial charge in [-0.1, -0.05) is 12.1 Å². The maximum atomic E-state index is 12.2. The van der Waals surface area contributed by atoms with Crippen molar-refractivity contribution in [3.05, 3.63) is 29.3 Å². The van der Waals surface area contributed by atoms with Gasteiger partial charge in [0.1, 0.15) is 0 Å². The molecule has 1 aliphatic heterocycles. The summed E-state index contributed by atoms with van der Waals surface area (Å²) in [6.45, 7) is 7.62. The lowest BCUT2D eigenvalue weighted by atomic mass is 10.1. The molecule has 1 aromatic rings.